The molecular formula is C20H18N2O3S. The van der Waals surface area contributed by atoms with E-state index >= 15 is 0 Å². The maximum Gasteiger partial charge on any atom is 0.223 e. The molecule has 26 heavy (non-hydrogen) atoms. The Labute approximate surface area is 154 Å². The minimum atomic E-state index is 0.0528. The first-order valence-corrected chi connectivity index (χ1v) is 9.26. The topological polar surface area (TPSA) is 59.5 Å². The van der Waals surface area contributed by atoms with Gasteiger partial charge in [-0.15, -0.1) is 11.3 Å². The van der Waals surface area contributed by atoms with Gasteiger partial charge in [0.05, 0.1) is 40.8 Å². The largest absolute Gasteiger partial charge is 0.467 e. The van der Waals surface area contributed by atoms with Crippen molar-refractivity contribution in [1.29, 1.82) is 0 Å². The Bertz CT molecular complexity index is 905. The second kappa shape index (κ2) is 7.58. The third-order valence-electron chi connectivity index (χ3n) is 4.10. The Morgan fingerprint density at radius 1 is 0.962 bits per heavy atom. The van der Waals surface area contributed by atoms with Crippen molar-refractivity contribution in [2.24, 2.45) is 0 Å². The molecule has 0 bridgehead atoms. The quantitative estimate of drug-likeness (QED) is 0.478. The van der Waals surface area contributed by atoms with Crippen LogP contribution in [0.2, 0.25) is 0 Å². The molecular weight excluding hydrogens is 348 g/mol. The lowest BCUT2D eigenvalue weighted by atomic mass is 10.2. The van der Waals surface area contributed by atoms with Gasteiger partial charge in [0.2, 0.25) is 5.91 Å². The van der Waals surface area contributed by atoms with Crippen molar-refractivity contribution in [3.8, 4) is 0 Å². The number of carbonyl (C=O) groups is 1. The number of hydrogen-bond donors (Lipinski definition) is 0. The molecule has 0 unspecified atom stereocenters. The molecule has 1 amide bonds. The lowest BCUT2D eigenvalue weighted by Crippen LogP contribution is -2.30. The van der Waals surface area contributed by atoms with Gasteiger partial charge >= 0.3 is 0 Å². The SMILES string of the molecule is O=C(CCc1nc2ccccc2s1)N(Cc1ccco1)Cc1ccco1. The third-order valence-corrected chi connectivity index (χ3v) is 5.19. The monoisotopic (exact) mass is 366 g/mol. The summed E-state index contributed by atoms with van der Waals surface area (Å²) in [4.78, 5) is 19.2. The Hall–Kier alpha value is -2.86. The molecule has 1 aromatic carbocycles. The van der Waals surface area contributed by atoms with Gasteiger partial charge in [0, 0.05) is 12.8 Å². The Balaban J connectivity index is 1.44. The molecule has 0 radical (unpaired) electrons. The van der Waals surface area contributed by atoms with E-state index in [2.05, 4.69) is 11.1 Å². The van der Waals surface area contributed by atoms with Crippen LogP contribution >= 0.6 is 11.3 Å². The fourth-order valence-electron chi connectivity index (χ4n) is 2.81. The van der Waals surface area contributed by atoms with Crippen LogP contribution in [0.3, 0.4) is 0 Å². The lowest BCUT2D eigenvalue weighted by molar-refractivity contribution is -0.133. The van der Waals surface area contributed by atoms with Gasteiger partial charge in [-0.05, 0) is 36.4 Å². The number of rotatable bonds is 7. The highest BCUT2D eigenvalue weighted by Crippen LogP contribution is 2.23. The molecule has 3 aromatic heterocycles. The highest BCUT2D eigenvalue weighted by molar-refractivity contribution is 7.18. The predicted molar refractivity (Wildman–Crippen MR) is 99.6 cm³/mol. The normalized spacial score (nSPS) is 11.1. The number of hydrogen-bond acceptors (Lipinski definition) is 5. The highest BCUT2D eigenvalue weighted by atomic mass is 32.1. The number of nitrogens with zero attached hydrogens (tertiary/aromatic N) is 2. The summed E-state index contributed by atoms with van der Waals surface area (Å²) in [5.41, 5.74) is 0.989. The van der Waals surface area contributed by atoms with Gasteiger partial charge in [-0.1, -0.05) is 12.1 Å². The maximum absolute atomic E-state index is 12.8. The summed E-state index contributed by atoms with van der Waals surface area (Å²) >= 11 is 1.64. The van der Waals surface area contributed by atoms with Crippen molar-refractivity contribution in [2.75, 3.05) is 0 Å². The Morgan fingerprint density at radius 3 is 2.27 bits per heavy atom. The van der Waals surface area contributed by atoms with Gasteiger partial charge in [-0.25, -0.2) is 4.98 Å². The Kier molecular flexibility index (Phi) is 4.84. The van der Waals surface area contributed by atoms with Crippen LogP contribution in [0, 0.1) is 0 Å². The van der Waals surface area contributed by atoms with Crippen molar-refractivity contribution in [3.05, 3.63) is 77.6 Å². The van der Waals surface area contributed by atoms with Gasteiger partial charge in [0.25, 0.3) is 0 Å². The van der Waals surface area contributed by atoms with Crippen LogP contribution in [-0.2, 0) is 24.3 Å². The van der Waals surface area contributed by atoms with E-state index in [4.69, 9.17) is 8.83 Å². The molecule has 4 rings (SSSR count). The van der Waals surface area contributed by atoms with E-state index < -0.39 is 0 Å². The fourth-order valence-corrected chi connectivity index (χ4v) is 3.78. The molecule has 0 N–H and O–H groups in total. The van der Waals surface area contributed by atoms with E-state index in [9.17, 15) is 4.79 Å². The van der Waals surface area contributed by atoms with Gasteiger partial charge in [-0.2, -0.15) is 0 Å². The molecule has 0 aliphatic carbocycles. The van der Waals surface area contributed by atoms with E-state index in [1.807, 2.05) is 42.5 Å². The number of aryl methyl sites for hydroxylation is 1. The fraction of sp³-hybridized carbons (Fsp3) is 0.200. The number of furan rings is 2. The second-order valence-electron chi connectivity index (χ2n) is 5.98. The molecule has 4 aromatic rings. The molecule has 6 heteroatoms. The number of fused-ring (bicyclic) bond motifs is 1. The number of carbonyl (C=O) groups excluding carboxylic acids is 1. The summed E-state index contributed by atoms with van der Waals surface area (Å²) in [6.07, 6.45) is 4.27. The van der Waals surface area contributed by atoms with Crippen molar-refractivity contribution in [2.45, 2.75) is 25.9 Å². The Morgan fingerprint density at radius 2 is 1.65 bits per heavy atom. The molecule has 0 aliphatic rings. The minimum Gasteiger partial charge on any atom is -0.467 e. The standard InChI is InChI=1S/C20H18N2O3S/c23-20(10-9-19-21-17-7-1-2-8-18(17)26-19)22(13-15-5-3-11-24-15)14-16-6-4-12-25-16/h1-8,11-12H,9-10,13-14H2. The van der Waals surface area contributed by atoms with Gasteiger partial charge < -0.3 is 13.7 Å². The number of aromatic nitrogens is 1. The lowest BCUT2D eigenvalue weighted by Gasteiger charge is -2.20. The molecule has 0 spiro atoms. The summed E-state index contributed by atoms with van der Waals surface area (Å²) in [6.45, 7) is 0.846. The smallest absolute Gasteiger partial charge is 0.223 e. The van der Waals surface area contributed by atoms with Crippen molar-refractivity contribution < 1.29 is 13.6 Å². The zero-order chi connectivity index (χ0) is 17.8. The second-order valence-corrected chi connectivity index (χ2v) is 7.10. The summed E-state index contributed by atoms with van der Waals surface area (Å²) in [7, 11) is 0. The van der Waals surface area contributed by atoms with E-state index in [-0.39, 0.29) is 5.91 Å². The highest BCUT2D eigenvalue weighted by Gasteiger charge is 2.18. The average molecular weight is 366 g/mol. The van der Waals surface area contributed by atoms with E-state index in [0.29, 0.717) is 25.9 Å². The number of amides is 1. The number of thiazole rings is 1. The van der Waals surface area contributed by atoms with Crippen LogP contribution in [0.5, 0.6) is 0 Å². The number of benzene rings is 1. The van der Waals surface area contributed by atoms with Crippen molar-refractivity contribution in [3.63, 3.8) is 0 Å². The first kappa shape index (κ1) is 16.6. The van der Waals surface area contributed by atoms with Crippen molar-refractivity contribution >= 4 is 27.5 Å². The summed E-state index contributed by atoms with van der Waals surface area (Å²) in [6, 6.07) is 15.4. The average Bonchev–Trinajstić information content (AvgIpc) is 3.40. The molecule has 0 atom stereocenters. The number of para-hydroxylation sites is 1. The van der Waals surface area contributed by atoms with Crippen LogP contribution in [0.25, 0.3) is 10.2 Å². The van der Waals surface area contributed by atoms with Crippen LogP contribution in [-0.4, -0.2) is 15.8 Å². The van der Waals surface area contributed by atoms with Crippen LogP contribution in [0.15, 0.2) is 69.9 Å². The minimum absolute atomic E-state index is 0.0528. The van der Waals surface area contributed by atoms with E-state index in [1.165, 1.54) is 0 Å². The van der Waals surface area contributed by atoms with E-state index in [1.54, 1.807) is 28.8 Å². The molecule has 3 heterocycles. The third kappa shape index (κ3) is 3.86. The van der Waals surface area contributed by atoms with Gasteiger partial charge in [0.15, 0.2) is 0 Å². The van der Waals surface area contributed by atoms with Gasteiger partial charge in [0.1, 0.15) is 11.5 Å². The van der Waals surface area contributed by atoms with E-state index in [0.717, 1.165) is 26.7 Å². The molecule has 0 aliphatic heterocycles. The van der Waals surface area contributed by atoms with Crippen molar-refractivity contribution in [1.82, 2.24) is 9.88 Å². The molecule has 0 saturated heterocycles. The maximum atomic E-state index is 12.8. The summed E-state index contributed by atoms with van der Waals surface area (Å²) < 4.78 is 12.0. The molecule has 132 valence electrons. The molecule has 0 saturated carbocycles. The first-order valence-electron chi connectivity index (χ1n) is 8.45. The van der Waals surface area contributed by atoms with Crippen LogP contribution in [0.4, 0.5) is 0 Å². The van der Waals surface area contributed by atoms with Gasteiger partial charge in [-0.3, -0.25) is 4.79 Å². The zero-order valence-electron chi connectivity index (χ0n) is 14.1. The predicted octanol–water partition coefficient (Wildman–Crippen LogP) is 4.64. The molecule has 0 fully saturated rings. The summed E-state index contributed by atoms with van der Waals surface area (Å²) in [5, 5.41) is 0.982. The first-order chi connectivity index (χ1) is 12.8. The zero-order valence-corrected chi connectivity index (χ0v) is 14.9. The van der Waals surface area contributed by atoms with Crippen LogP contribution in [0.1, 0.15) is 22.9 Å². The molecule has 5 nitrogen and oxygen atoms in total. The van der Waals surface area contributed by atoms with Crippen LogP contribution < -0.4 is 0 Å². The summed E-state index contributed by atoms with van der Waals surface area (Å²) in [5.74, 6) is 1.56.